The van der Waals surface area contributed by atoms with Gasteiger partial charge in [-0.3, -0.25) is 4.79 Å². The number of nitrogens with zero attached hydrogens (tertiary/aromatic N) is 3. The number of benzene rings is 1. The fraction of sp³-hybridized carbons (Fsp3) is 0.476. The normalized spacial score (nSPS) is 26.9. The van der Waals surface area contributed by atoms with Gasteiger partial charge in [0, 0.05) is 41.3 Å². The molecule has 0 aliphatic heterocycles. The molecule has 8 nitrogen and oxygen atoms in total. The maximum atomic E-state index is 14.2. The Kier molecular flexibility index (Phi) is 6.15. The summed E-state index contributed by atoms with van der Waals surface area (Å²) in [5.74, 6) is -0.726. The molecule has 2 aliphatic carbocycles. The number of hydrogen-bond acceptors (Lipinski definition) is 6. The highest BCUT2D eigenvalue weighted by molar-refractivity contribution is 6.28. The van der Waals surface area contributed by atoms with Crippen LogP contribution >= 0.6 is 11.6 Å². The summed E-state index contributed by atoms with van der Waals surface area (Å²) in [4.78, 5) is 32.8. The molecule has 2 aromatic rings. The molecular formula is C21H25ClFN6O2+. The van der Waals surface area contributed by atoms with Crippen molar-refractivity contribution < 1.29 is 14.4 Å². The van der Waals surface area contributed by atoms with Crippen molar-refractivity contribution in [2.24, 2.45) is 29.4 Å². The van der Waals surface area contributed by atoms with Gasteiger partial charge < -0.3 is 16.0 Å². The quantitative estimate of drug-likeness (QED) is 0.527. The van der Waals surface area contributed by atoms with Gasteiger partial charge in [-0.15, -0.1) is 0 Å². The van der Waals surface area contributed by atoms with Crippen LogP contribution in [-0.2, 0) is 11.3 Å². The van der Waals surface area contributed by atoms with Crippen LogP contribution in [0.3, 0.4) is 0 Å². The third-order valence-electron chi connectivity index (χ3n) is 6.53. The zero-order chi connectivity index (χ0) is 22.1. The van der Waals surface area contributed by atoms with E-state index < -0.39 is 5.82 Å². The van der Waals surface area contributed by atoms with Crippen molar-refractivity contribution in [3.8, 4) is 0 Å². The third-order valence-corrected chi connectivity index (χ3v) is 6.71. The average molecular weight is 448 g/mol. The van der Waals surface area contributed by atoms with Gasteiger partial charge in [-0.25, -0.2) is 9.37 Å². The Morgan fingerprint density at radius 3 is 2.97 bits per heavy atom. The number of rotatable bonds is 8. The summed E-state index contributed by atoms with van der Waals surface area (Å²) in [6.07, 6.45) is 2.77. The van der Waals surface area contributed by atoms with E-state index in [4.69, 9.17) is 17.3 Å². The molecule has 1 heterocycles. The van der Waals surface area contributed by atoms with Crippen LogP contribution in [0, 0.1) is 34.4 Å². The molecular weight excluding hydrogens is 423 g/mol. The second-order valence-corrected chi connectivity index (χ2v) is 8.93. The minimum atomic E-state index is -0.615. The topological polar surface area (TPSA) is 115 Å². The number of carbonyl (C=O) groups excluding carboxylic acids is 1. The van der Waals surface area contributed by atoms with Crippen molar-refractivity contribution in [1.82, 2.24) is 14.9 Å². The van der Waals surface area contributed by atoms with Crippen LogP contribution in [-0.4, -0.2) is 40.4 Å². The zero-order valence-electron chi connectivity index (χ0n) is 17.1. The largest absolute Gasteiger partial charge is 0.369 e. The Morgan fingerprint density at radius 1 is 1.42 bits per heavy atom. The minimum absolute atomic E-state index is 0.00201. The molecule has 0 spiro atoms. The molecule has 2 fully saturated rings. The van der Waals surface area contributed by atoms with E-state index in [2.05, 4.69) is 20.2 Å². The molecule has 0 radical (unpaired) electrons. The minimum Gasteiger partial charge on any atom is -0.369 e. The van der Waals surface area contributed by atoms with Crippen molar-refractivity contribution >= 4 is 29.0 Å². The molecule has 10 heteroatoms. The van der Waals surface area contributed by atoms with E-state index in [0.717, 1.165) is 31.1 Å². The number of anilines is 1. The lowest BCUT2D eigenvalue weighted by molar-refractivity contribution is -0.379. The molecule has 2 bridgehead atoms. The first-order chi connectivity index (χ1) is 14.9. The molecule has 1 aromatic carbocycles. The molecule has 5 atom stereocenters. The van der Waals surface area contributed by atoms with Gasteiger partial charge in [-0.05, 0) is 54.8 Å². The second-order valence-electron chi connectivity index (χ2n) is 8.59. The molecule has 1 amide bonds. The Labute approximate surface area is 184 Å². The molecule has 1 aromatic heterocycles. The lowest BCUT2D eigenvalue weighted by Gasteiger charge is -2.36. The van der Waals surface area contributed by atoms with E-state index in [1.54, 1.807) is 6.07 Å². The lowest BCUT2D eigenvalue weighted by atomic mass is 9.77. The van der Waals surface area contributed by atoms with Crippen LogP contribution in [0.15, 0.2) is 30.5 Å². The van der Waals surface area contributed by atoms with Crippen molar-refractivity contribution in [2.45, 2.75) is 25.4 Å². The van der Waals surface area contributed by atoms with E-state index in [1.165, 1.54) is 0 Å². The van der Waals surface area contributed by atoms with Crippen molar-refractivity contribution in [2.75, 3.05) is 18.9 Å². The second kappa shape index (κ2) is 8.84. The summed E-state index contributed by atoms with van der Waals surface area (Å²) in [6, 6.07) is 7.08. The van der Waals surface area contributed by atoms with E-state index in [1.807, 2.05) is 30.4 Å². The summed E-state index contributed by atoms with van der Waals surface area (Å²) in [5.41, 5.74) is 7.27. The molecule has 4 N–H and O–H groups in total. The maximum Gasteiger partial charge on any atom is 0.253 e. The van der Waals surface area contributed by atoms with Gasteiger partial charge in [0.25, 0.3) is 5.69 Å². The number of nitrogens with two attached hydrogens (primary N) is 1. The van der Waals surface area contributed by atoms with Crippen LogP contribution in [0.5, 0.6) is 0 Å². The molecule has 0 saturated heterocycles. The van der Waals surface area contributed by atoms with Crippen LogP contribution in [0.1, 0.15) is 18.4 Å². The predicted molar refractivity (Wildman–Crippen MR) is 114 cm³/mol. The fourth-order valence-corrected chi connectivity index (χ4v) is 5.56. The van der Waals surface area contributed by atoms with Gasteiger partial charge >= 0.3 is 0 Å². The van der Waals surface area contributed by atoms with E-state index in [0.29, 0.717) is 18.2 Å². The van der Waals surface area contributed by atoms with E-state index >= 15 is 0 Å². The first-order valence-electron chi connectivity index (χ1n) is 10.2. The molecule has 31 heavy (non-hydrogen) atoms. The van der Waals surface area contributed by atoms with Gasteiger partial charge in [0.05, 0.1) is 12.1 Å². The van der Waals surface area contributed by atoms with Crippen molar-refractivity contribution in [3.63, 3.8) is 0 Å². The number of amides is 1. The number of nitroso groups, excluding NO2 is 1. The third kappa shape index (κ3) is 4.52. The summed E-state index contributed by atoms with van der Waals surface area (Å²) in [7, 11) is 2.03. The van der Waals surface area contributed by atoms with Gasteiger partial charge in [-0.1, -0.05) is 12.1 Å². The number of primary amides is 1. The van der Waals surface area contributed by atoms with Crippen LogP contribution < -0.4 is 16.2 Å². The number of halogens is 2. The van der Waals surface area contributed by atoms with E-state index in [-0.39, 0.29) is 40.8 Å². The summed E-state index contributed by atoms with van der Waals surface area (Å²) in [6.45, 7) is 1.50. The van der Waals surface area contributed by atoms with Crippen molar-refractivity contribution in [3.05, 3.63) is 52.0 Å². The average Bonchev–Trinajstić information content (AvgIpc) is 3.28. The van der Waals surface area contributed by atoms with Crippen molar-refractivity contribution in [1.29, 1.82) is 0 Å². The fourth-order valence-electron chi connectivity index (χ4n) is 5.42. The summed E-state index contributed by atoms with van der Waals surface area (Å²) in [5, 5.41) is 4.96. The standard InChI is InChI=1S/C21H24ClFN6O2/c1-29(9-11-3-2-4-14(5-11)28-31)10-13-6-12-7-15(13)18(17(12)19(24)30)26-20-16(23)8-25-21(22)27-20/h2-5,8,12-13,15,17-18H,6-7,9-10H2,1H3,(H2,24,30)(H,25,26,27)/p+1/t12-,13-,15+,17-,18+/m0/s1. The van der Waals surface area contributed by atoms with Gasteiger partial charge in [-0.2, -0.15) is 4.98 Å². The number of nitrogens with one attached hydrogen (secondary N) is 2. The first-order valence-corrected chi connectivity index (χ1v) is 10.6. The monoisotopic (exact) mass is 447 g/mol. The van der Waals surface area contributed by atoms with Gasteiger partial charge in [0.15, 0.2) is 11.6 Å². The Bertz CT molecular complexity index is 992. The first kappa shape index (κ1) is 21.6. The Balaban J connectivity index is 1.47. The molecule has 2 saturated carbocycles. The lowest BCUT2D eigenvalue weighted by Crippen LogP contribution is -2.55. The molecule has 164 valence electrons. The summed E-state index contributed by atoms with van der Waals surface area (Å²) >= 11 is 5.83. The highest BCUT2D eigenvalue weighted by Crippen LogP contribution is 2.52. The zero-order valence-corrected chi connectivity index (χ0v) is 17.8. The Hall–Kier alpha value is -2.65. The Morgan fingerprint density at radius 2 is 2.23 bits per heavy atom. The number of fused-ring (bicyclic) bond motifs is 2. The predicted octanol–water partition coefficient (Wildman–Crippen LogP) is 1.42. The molecule has 4 rings (SSSR count). The van der Waals surface area contributed by atoms with Crippen LogP contribution in [0.2, 0.25) is 5.28 Å². The molecule has 2 aliphatic rings. The highest BCUT2D eigenvalue weighted by Gasteiger charge is 2.55. The van der Waals surface area contributed by atoms with Gasteiger partial charge in [0.2, 0.25) is 11.2 Å². The SMILES string of the molecule is CN(Cc1cccc([NH+]=O)c1)C[C@@H]1C[C@H]2C[C@H]1[C@@H](Nc1nc(Cl)ncc1F)[C@H]2C(N)=O. The van der Waals surface area contributed by atoms with Crippen LogP contribution in [0.4, 0.5) is 15.9 Å². The van der Waals surface area contributed by atoms with E-state index in [9.17, 15) is 14.1 Å². The van der Waals surface area contributed by atoms with Gasteiger partial charge in [0.1, 0.15) is 0 Å². The van der Waals surface area contributed by atoms with Crippen LogP contribution in [0.25, 0.3) is 0 Å². The number of hydrogen-bond donors (Lipinski definition) is 3. The maximum absolute atomic E-state index is 14.2. The smallest absolute Gasteiger partial charge is 0.253 e. The molecule has 0 unspecified atom stereocenters. The summed E-state index contributed by atoms with van der Waals surface area (Å²) < 4.78 is 14.2. The number of carbonyl (C=O) groups is 1. The highest BCUT2D eigenvalue weighted by atomic mass is 35.5. The number of aromatic nitrogens is 2.